The average Bonchev–Trinajstić information content (AvgIpc) is 2.24. The second kappa shape index (κ2) is 4.86. The first-order valence-electron chi connectivity index (χ1n) is 5.30. The molecule has 0 heterocycles. The van der Waals surface area contributed by atoms with Gasteiger partial charge in [-0.15, -0.1) is 0 Å². The van der Waals surface area contributed by atoms with E-state index in [0.29, 0.717) is 12.1 Å². The van der Waals surface area contributed by atoms with Crippen molar-refractivity contribution >= 4 is 5.78 Å². The van der Waals surface area contributed by atoms with E-state index in [1.165, 1.54) is 6.92 Å². The first-order chi connectivity index (χ1) is 8.48. The maximum absolute atomic E-state index is 12.8. The number of ketones is 1. The quantitative estimate of drug-likeness (QED) is 0.577. The van der Waals surface area contributed by atoms with Crippen molar-refractivity contribution in [2.45, 2.75) is 32.6 Å². The van der Waals surface area contributed by atoms with Crippen LogP contribution in [0.5, 0.6) is 0 Å². The molecule has 1 rings (SSSR count). The topological polar surface area (TPSA) is 17.1 Å². The van der Waals surface area contributed by atoms with Gasteiger partial charge >= 0.3 is 12.4 Å². The number of halogens is 6. The normalized spacial score (nSPS) is 12.6. The third-order valence-electron chi connectivity index (χ3n) is 2.62. The molecule has 0 aromatic heterocycles. The van der Waals surface area contributed by atoms with Gasteiger partial charge < -0.3 is 0 Å². The van der Waals surface area contributed by atoms with Gasteiger partial charge in [0.25, 0.3) is 0 Å². The van der Waals surface area contributed by atoms with E-state index in [4.69, 9.17) is 0 Å². The Morgan fingerprint density at radius 2 is 1.37 bits per heavy atom. The van der Waals surface area contributed by atoms with E-state index < -0.39 is 46.8 Å². The number of carbonyl (C=O) groups excluding carboxylic acids is 1. The second-order valence-electron chi connectivity index (χ2n) is 3.96. The summed E-state index contributed by atoms with van der Waals surface area (Å²) >= 11 is 0. The van der Waals surface area contributed by atoms with Gasteiger partial charge in [-0.25, -0.2) is 0 Å². The average molecular weight is 284 g/mol. The Hall–Kier alpha value is -1.53. The van der Waals surface area contributed by atoms with Gasteiger partial charge in [-0.3, -0.25) is 4.79 Å². The number of hydrogen-bond donors (Lipinski definition) is 0. The van der Waals surface area contributed by atoms with Gasteiger partial charge in [0.2, 0.25) is 0 Å². The Labute approximate surface area is 105 Å². The lowest BCUT2D eigenvalue weighted by atomic mass is 9.93. The fraction of sp³-hybridized carbons (Fsp3) is 0.417. The molecule has 7 heteroatoms. The highest BCUT2D eigenvalue weighted by atomic mass is 19.4. The monoisotopic (exact) mass is 284 g/mol. The summed E-state index contributed by atoms with van der Waals surface area (Å²) < 4.78 is 76.6. The molecule has 0 N–H and O–H groups in total. The van der Waals surface area contributed by atoms with Gasteiger partial charge in [0.15, 0.2) is 5.78 Å². The van der Waals surface area contributed by atoms with Crippen LogP contribution >= 0.6 is 0 Å². The fourth-order valence-electron chi connectivity index (χ4n) is 1.76. The molecule has 19 heavy (non-hydrogen) atoms. The molecule has 0 bridgehead atoms. The van der Waals surface area contributed by atoms with Gasteiger partial charge in [-0.05, 0) is 31.0 Å². The molecule has 0 radical (unpaired) electrons. The minimum atomic E-state index is -4.93. The highest BCUT2D eigenvalue weighted by Crippen LogP contribution is 2.40. The molecule has 1 aromatic carbocycles. The zero-order chi connectivity index (χ0) is 15.0. The molecule has 0 amide bonds. The van der Waals surface area contributed by atoms with Crippen molar-refractivity contribution in [3.05, 3.63) is 34.4 Å². The van der Waals surface area contributed by atoms with Crippen molar-refractivity contribution in [3.8, 4) is 0 Å². The summed E-state index contributed by atoms with van der Waals surface area (Å²) in [4.78, 5) is 11.1. The lowest BCUT2D eigenvalue weighted by Crippen LogP contribution is -2.18. The summed E-state index contributed by atoms with van der Waals surface area (Å²) in [6.07, 6.45) is -10.3. The molecule has 1 nitrogen and oxygen atoms in total. The molecular weight excluding hydrogens is 274 g/mol. The lowest BCUT2D eigenvalue weighted by molar-refractivity contribution is -0.144. The predicted molar refractivity (Wildman–Crippen MR) is 55.8 cm³/mol. The number of carbonyl (C=O) groups is 1. The Balaban J connectivity index is 3.72. The van der Waals surface area contributed by atoms with Crippen LogP contribution in [0.15, 0.2) is 12.1 Å². The van der Waals surface area contributed by atoms with Crippen LogP contribution in [0.2, 0.25) is 0 Å². The fourth-order valence-corrected chi connectivity index (χ4v) is 1.76. The Bertz CT molecular complexity index is 463. The van der Waals surface area contributed by atoms with Crippen LogP contribution in [0, 0.1) is 0 Å². The largest absolute Gasteiger partial charge is 0.416 e. The summed E-state index contributed by atoms with van der Waals surface area (Å²) in [5.41, 5.74) is -4.26. The van der Waals surface area contributed by atoms with Gasteiger partial charge in [-0.1, -0.05) is 6.92 Å². The van der Waals surface area contributed by atoms with Crippen LogP contribution in [0.3, 0.4) is 0 Å². The number of rotatable bonds is 2. The van der Waals surface area contributed by atoms with Crippen molar-refractivity contribution in [2.75, 3.05) is 0 Å². The maximum atomic E-state index is 12.8. The van der Waals surface area contributed by atoms with E-state index in [1.807, 2.05) is 0 Å². The molecule has 0 spiro atoms. The molecular formula is C12H10F6O. The van der Waals surface area contributed by atoms with Crippen LogP contribution in [-0.2, 0) is 18.8 Å². The van der Waals surface area contributed by atoms with Crippen LogP contribution in [0.25, 0.3) is 0 Å². The van der Waals surface area contributed by atoms with Gasteiger partial charge in [0, 0.05) is 5.56 Å². The van der Waals surface area contributed by atoms with E-state index in [0.717, 1.165) is 6.92 Å². The standard InChI is InChI=1S/C12H10F6O/c1-3-8-9(11(13,14)15)4-7(6(2)19)5-10(8)12(16,17)18/h4-5H,3H2,1-2H3. The molecule has 106 valence electrons. The summed E-state index contributed by atoms with van der Waals surface area (Å²) in [6, 6.07) is 0.937. The number of hydrogen-bond acceptors (Lipinski definition) is 1. The lowest BCUT2D eigenvalue weighted by Gasteiger charge is -2.19. The molecule has 0 saturated carbocycles. The summed E-state index contributed by atoms with van der Waals surface area (Å²) in [7, 11) is 0. The van der Waals surface area contributed by atoms with Crippen LogP contribution in [0.1, 0.15) is 40.9 Å². The smallest absolute Gasteiger partial charge is 0.295 e. The SMILES string of the molecule is CCc1c(C(F)(F)F)cc(C(C)=O)cc1C(F)(F)F. The van der Waals surface area contributed by atoms with E-state index in [1.54, 1.807) is 0 Å². The van der Waals surface area contributed by atoms with Crippen molar-refractivity contribution in [1.29, 1.82) is 0 Å². The van der Waals surface area contributed by atoms with E-state index in [-0.39, 0.29) is 0 Å². The number of alkyl halides is 6. The van der Waals surface area contributed by atoms with Crippen LogP contribution in [0.4, 0.5) is 26.3 Å². The maximum Gasteiger partial charge on any atom is 0.416 e. The van der Waals surface area contributed by atoms with Crippen molar-refractivity contribution < 1.29 is 31.1 Å². The Morgan fingerprint density at radius 1 is 1.00 bits per heavy atom. The van der Waals surface area contributed by atoms with Gasteiger partial charge in [-0.2, -0.15) is 26.3 Å². The molecule has 0 aliphatic carbocycles. The second-order valence-corrected chi connectivity index (χ2v) is 3.96. The molecule has 0 aliphatic rings. The number of benzene rings is 1. The zero-order valence-corrected chi connectivity index (χ0v) is 10.0. The molecule has 0 aliphatic heterocycles. The highest BCUT2D eigenvalue weighted by molar-refractivity contribution is 5.94. The Morgan fingerprint density at radius 3 is 1.58 bits per heavy atom. The van der Waals surface area contributed by atoms with Crippen LogP contribution in [-0.4, -0.2) is 5.78 Å². The molecule has 0 fully saturated rings. The first-order valence-corrected chi connectivity index (χ1v) is 5.30. The van der Waals surface area contributed by atoms with Crippen molar-refractivity contribution in [3.63, 3.8) is 0 Å². The zero-order valence-electron chi connectivity index (χ0n) is 10.0. The van der Waals surface area contributed by atoms with E-state index >= 15 is 0 Å². The van der Waals surface area contributed by atoms with E-state index in [9.17, 15) is 31.1 Å². The predicted octanol–water partition coefficient (Wildman–Crippen LogP) is 4.49. The van der Waals surface area contributed by atoms with Gasteiger partial charge in [0.05, 0.1) is 11.1 Å². The van der Waals surface area contributed by atoms with Crippen molar-refractivity contribution in [1.82, 2.24) is 0 Å². The Kier molecular flexibility index (Phi) is 3.97. The number of Topliss-reactive ketones (excluding diaryl/α,β-unsaturated/α-hetero) is 1. The minimum Gasteiger partial charge on any atom is -0.295 e. The van der Waals surface area contributed by atoms with Crippen molar-refractivity contribution in [2.24, 2.45) is 0 Å². The highest BCUT2D eigenvalue weighted by Gasteiger charge is 2.40. The molecule has 1 aromatic rings. The summed E-state index contributed by atoms with van der Waals surface area (Å²) in [5, 5.41) is 0. The van der Waals surface area contributed by atoms with E-state index in [2.05, 4.69) is 0 Å². The first kappa shape index (κ1) is 15.5. The third kappa shape index (κ3) is 3.27. The minimum absolute atomic E-state index is 0.429. The molecule has 0 saturated heterocycles. The molecule has 0 unspecified atom stereocenters. The van der Waals surface area contributed by atoms with Gasteiger partial charge in [0.1, 0.15) is 0 Å². The summed E-state index contributed by atoms with van der Waals surface area (Å²) in [6.45, 7) is 2.12. The van der Waals surface area contributed by atoms with Crippen LogP contribution < -0.4 is 0 Å². The summed E-state index contributed by atoms with van der Waals surface area (Å²) in [5.74, 6) is -0.848. The third-order valence-corrected chi connectivity index (χ3v) is 2.62. The molecule has 0 atom stereocenters.